The molecule has 0 radical (unpaired) electrons. The fourth-order valence-corrected chi connectivity index (χ4v) is 3.57. The number of anilines is 1. The number of hydrogen-bond acceptors (Lipinski definition) is 5. The van der Waals surface area contributed by atoms with Gasteiger partial charge in [-0.3, -0.25) is 5.10 Å². The molecule has 1 fully saturated rings. The average molecular weight is 387 g/mol. The minimum Gasteiger partial charge on any atom is -0.435 e. The number of aromatic amines is 1. The molecule has 3 aromatic rings. The second-order valence-corrected chi connectivity index (χ2v) is 7.55. The number of piperidine rings is 1. The molecule has 1 N–H and O–H groups in total. The fourth-order valence-electron chi connectivity index (χ4n) is 3.57. The first-order valence-electron chi connectivity index (χ1n) is 9.49. The predicted molar refractivity (Wildman–Crippen MR) is 104 cm³/mol. The minimum absolute atomic E-state index is 0.111. The summed E-state index contributed by atoms with van der Waals surface area (Å²) in [4.78, 5) is 11.5. The highest BCUT2D eigenvalue weighted by Gasteiger charge is 2.29. The van der Waals surface area contributed by atoms with Crippen molar-refractivity contribution in [2.75, 3.05) is 18.0 Å². The lowest BCUT2D eigenvalue weighted by atomic mass is 9.78. The van der Waals surface area contributed by atoms with Crippen molar-refractivity contribution in [2.24, 2.45) is 5.41 Å². The molecule has 3 heterocycles. The van der Waals surface area contributed by atoms with Crippen LogP contribution in [-0.4, -0.2) is 39.9 Å². The van der Waals surface area contributed by atoms with E-state index in [0.717, 1.165) is 37.3 Å². The van der Waals surface area contributed by atoms with Gasteiger partial charge in [-0.2, -0.15) is 13.9 Å². The van der Waals surface area contributed by atoms with Crippen LogP contribution in [0.15, 0.2) is 30.5 Å². The molecule has 2 aromatic heterocycles. The number of alkyl halides is 2. The van der Waals surface area contributed by atoms with E-state index in [0.29, 0.717) is 22.3 Å². The fraction of sp³-hybridized carbons (Fsp3) is 0.450. The number of ether oxygens (including phenoxy) is 1. The largest absolute Gasteiger partial charge is 0.435 e. The van der Waals surface area contributed by atoms with E-state index in [-0.39, 0.29) is 5.75 Å². The van der Waals surface area contributed by atoms with Gasteiger partial charge in [0, 0.05) is 18.7 Å². The molecule has 8 heteroatoms. The molecule has 0 aliphatic carbocycles. The van der Waals surface area contributed by atoms with Crippen LogP contribution in [0, 0.1) is 5.41 Å². The Balaban J connectivity index is 1.55. The molecule has 1 aliphatic rings. The first-order valence-corrected chi connectivity index (χ1v) is 9.49. The summed E-state index contributed by atoms with van der Waals surface area (Å²) in [5.41, 5.74) is 3.09. The SMILES string of the molecule is CCC1(C)CCN(c2cnc3c(-c4ccc(OC(F)F)cc4)[nH]nc3n2)CC1. The van der Waals surface area contributed by atoms with Crippen LogP contribution in [0.3, 0.4) is 0 Å². The standard InChI is InChI=1S/C20H23F2N5O/c1-3-20(2)8-10-27(11-9-20)15-12-23-17-16(25-26-18(17)24-15)13-4-6-14(7-5-13)28-19(21)22/h4-7,12,19H,3,8-11H2,1-2H3,(H,24,25,26). The topological polar surface area (TPSA) is 66.9 Å². The second-order valence-electron chi connectivity index (χ2n) is 7.55. The van der Waals surface area contributed by atoms with Gasteiger partial charge < -0.3 is 9.64 Å². The lowest BCUT2D eigenvalue weighted by Gasteiger charge is -2.39. The van der Waals surface area contributed by atoms with E-state index < -0.39 is 6.61 Å². The van der Waals surface area contributed by atoms with Crippen LogP contribution in [0.1, 0.15) is 33.1 Å². The van der Waals surface area contributed by atoms with Crippen molar-refractivity contribution >= 4 is 17.0 Å². The van der Waals surface area contributed by atoms with Gasteiger partial charge in [0.2, 0.25) is 5.65 Å². The first-order chi connectivity index (χ1) is 13.5. The number of halogens is 2. The van der Waals surface area contributed by atoms with Gasteiger partial charge in [-0.25, -0.2) is 9.97 Å². The maximum absolute atomic E-state index is 12.3. The molecule has 1 aliphatic heterocycles. The molecule has 4 rings (SSSR count). The van der Waals surface area contributed by atoms with Crippen molar-refractivity contribution in [2.45, 2.75) is 39.7 Å². The summed E-state index contributed by atoms with van der Waals surface area (Å²) >= 11 is 0. The second kappa shape index (κ2) is 7.33. The highest BCUT2D eigenvalue weighted by Crippen LogP contribution is 2.35. The average Bonchev–Trinajstić information content (AvgIpc) is 3.12. The third-order valence-electron chi connectivity index (χ3n) is 5.77. The van der Waals surface area contributed by atoms with Crippen LogP contribution in [0.5, 0.6) is 5.75 Å². The number of H-pyrrole nitrogens is 1. The zero-order chi connectivity index (χ0) is 19.7. The van der Waals surface area contributed by atoms with Crippen molar-refractivity contribution in [3.05, 3.63) is 30.5 Å². The summed E-state index contributed by atoms with van der Waals surface area (Å²) in [6.07, 6.45) is 5.25. The summed E-state index contributed by atoms with van der Waals surface area (Å²) in [6, 6.07) is 6.37. The van der Waals surface area contributed by atoms with E-state index in [2.05, 4.69) is 43.6 Å². The van der Waals surface area contributed by atoms with Crippen molar-refractivity contribution in [1.82, 2.24) is 20.2 Å². The Morgan fingerprint density at radius 1 is 1.21 bits per heavy atom. The van der Waals surface area contributed by atoms with Gasteiger partial charge in [0.05, 0.1) is 11.9 Å². The van der Waals surface area contributed by atoms with E-state index >= 15 is 0 Å². The van der Waals surface area contributed by atoms with Gasteiger partial charge >= 0.3 is 6.61 Å². The van der Waals surface area contributed by atoms with Crippen LogP contribution >= 0.6 is 0 Å². The Labute approximate surface area is 161 Å². The molecule has 0 bridgehead atoms. The number of rotatable bonds is 5. The molecule has 0 unspecified atom stereocenters. The molecular weight excluding hydrogens is 364 g/mol. The summed E-state index contributed by atoms with van der Waals surface area (Å²) in [7, 11) is 0. The van der Waals surface area contributed by atoms with Gasteiger partial charge in [0.1, 0.15) is 17.1 Å². The van der Waals surface area contributed by atoms with Crippen molar-refractivity contribution in [1.29, 1.82) is 0 Å². The van der Waals surface area contributed by atoms with Crippen molar-refractivity contribution in [3.8, 4) is 17.0 Å². The summed E-state index contributed by atoms with van der Waals surface area (Å²) in [5, 5.41) is 7.25. The van der Waals surface area contributed by atoms with Gasteiger partial charge in [-0.15, -0.1) is 0 Å². The number of nitrogens with one attached hydrogen (secondary N) is 1. The summed E-state index contributed by atoms with van der Waals surface area (Å²) in [6.45, 7) is 3.68. The van der Waals surface area contributed by atoms with Crippen LogP contribution in [0.2, 0.25) is 0 Å². The quantitative estimate of drug-likeness (QED) is 0.691. The molecule has 0 saturated carbocycles. The van der Waals surface area contributed by atoms with Crippen molar-refractivity contribution in [3.63, 3.8) is 0 Å². The smallest absolute Gasteiger partial charge is 0.387 e. The van der Waals surface area contributed by atoms with Crippen molar-refractivity contribution < 1.29 is 13.5 Å². The minimum atomic E-state index is -2.84. The van der Waals surface area contributed by atoms with Gasteiger partial charge in [0.25, 0.3) is 0 Å². The van der Waals surface area contributed by atoms with E-state index in [1.165, 1.54) is 18.6 Å². The van der Waals surface area contributed by atoms with Gasteiger partial charge in [-0.1, -0.05) is 20.3 Å². The van der Waals surface area contributed by atoms with Gasteiger partial charge in [-0.05, 0) is 42.5 Å². The zero-order valence-corrected chi connectivity index (χ0v) is 16.0. The number of aromatic nitrogens is 4. The van der Waals surface area contributed by atoms with E-state index in [9.17, 15) is 8.78 Å². The first kappa shape index (κ1) is 18.6. The Morgan fingerprint density at radius 3 is 2.57 bits per heavy atom. The van der Waals surface area contributed by atoms with Gasteiger partial charge in [0.15, 0.2) is 0 Å². The van der Waals surface area contributed by atoms with E-state index in [1.807, 2.05) is 0 Å². The molecule has 28 heavy (non-hydrogen) atoms. The molecular formula is C20H23F2N5O. The van der Waals surface area contributed by atoms with Crippen LogP contribution in [0.25, 0.3) is 22.4 Å². The Kier molecular flexibility index (Phi) is 4.87. The van der Waals surface area contributed by atoms with E-state index in [4.69, 9.17) is 0 Å². The highest BCUT2D eigenvalue weighted by molar-refractivity contribution is 5.87. The molecule has 0 amide bonds. The van der Waals surface area contributed by atoms with Crippen LogP contribution in [-0.2, 0) is 0 Å². The molecule has 0 atom stereocenters. The van der Waals surface area contributed by atoms with E-state index in [1.54, 1.807) is 18.3 Å². The van der Waals surface area contributed by atoms with Crippen LogP contribution in [0.4, 0.5) is 14.6 Å². The Morgan fingerprint density at radius 2 is 1.93 bits per heavy atom. The maximum Gasteiger partial charge on any atom is 0.387 e. The number of benzene rings is 1. The number of fused-ring (bicyclic) bond motifs is 1. The maximum atomic E-state index is 12.3. The molecule has 1 saturated heterocycles. The number of nitrogens with zero attached hydrogens (tertiary/aromatic N) is 4. The molecule has 6 nitrogen and oxygen atoms in total. The third kappa shape index (κ3) is 3.63. The predicted octanol–water partition coefficient (Wildman–Crippen LogP) is 4.64. The zero-order valence-electron chi connectivity index (χ0n) is 16.0. The molecule has 148 valence electrons. The molecule has 0 spiro atoms. The summed E-state index contributed by atoms with van der Waals surface area (Å²) in [5.74, 6) is 0.949. The number of hydrogen-bond donors (Lipinski definition) is 1. The normalized spacial score (nSPS) is 16.7. The highest BCUT2D eigenvalue weighted by atomic mass is 19.3. The summed E-state index contributed by atoms with van der Waals surface area (Å²) < 4.78 is 29.0. The third-order valence-corrected chi connectivity index (χ3v) is 5.77. The molecule has 1 aromatic carbocycles. The monoisotopic (exact) mass is 387 g/mol. The lowest BCUT2D eigenvalue weighted by molar-refractivity contribution is -0.0498. The lowest BCUT2D eigenvalue weighted by Crippen LogP contribution is -2.38. The Bertz CT molecular complexity index is 949. The Hall–Kier alpha value is -2.77. The van der Waals surface area contributed by atoms with Crippen LogP contribution < -0.4 is 9.64 Å².